The van der Waals surface area contributed by atoms with E-state index in [1.54, 1.807) is 7.05 Å². The maximum Gasteiger partial charge on any atom is 0.407 e. The van der Waals surface area contributed by atoms with Crippen LogP contribution >= 0.6 is 0 Å². The van der Waals surface area contributed by atoms with Crippen molar-refractivity contribution in [3.05, 3.63) is 59.7 Å². The molecule has 2 amide bonds. The van der Waals surface area contributed by atoms with E-state index in [0.29, 0.717) is 13.0 Å². The molecule has 8 nitrogen and oxygen atoms in total. The molecule has 1 aliphatic rings. The quantitative estimate of drug-likeness (QED) is 0.477. The summed E-state index contributed by atoms with van der Waals surface area (Å²) in [5.41, 5.74) is 4.68. The lowest BCUT2D eigenvalue weighted by Crippen LogP contribution is -2.30. The zero-order valence-electron chi connectivity index (χ0n) is 18.8. The molecule has 176 valence electrons. The summed E-state index contributed by atoms with van der Waals surface area (Å²) in [6.45, 7) is 1.42. The Hall–Kier alpha value is -3.39. The lowest BCUT2D eigenvalue weighted by molar-refractivity contribution is -0.138. The molecule has 0 heterocycles. The van der Waals surface area contributed by atoms with Crippen LogP contribution in [0.25, 0.3) is 11.1 Å². The number of nitrogens with zero attached hydrogens (tertiary/aromatic N) is 1. The number of nitrogens with one attached hydrogen (secondary N) is 1. The molecule has 0 atom stereocenters. The molecule has 2 aromatic rings. The van der Waals surface area contributed by atoms with Crippen molar-refractivity contribution in [2.24, 2.45) is 0 Å². The summed E-state index contributed by atoms with van der Waals surface area (Å²) in [5.74, 6) is -0.967. The Kier molecular flexibility index (Phi) is 8.83. The van der Waals surface area contributed by atoms with Crippen LogP contribution in [0.1, 0.15) is 36.3 Å². The van der Waals surface area contributed by atoms with Crippen molar-refractivity contribution in [1.82, 2.24) is 10.2 Å². The first-order valence-corrected chi connectivity index (χ1v) is 11.1. The average molecular weight is 455 g/mol. The van der Waals surface area contributed by atoms with E-state index in [4.69, 9.17) is 14.6 Å². The number of alkyl carbamates (subject to hydrolysis) is 1. The Labute approximate surface area is 193 Å². The number of carbonyl (C=O) groups excluding carboxylic acids is 2. The summed E-state index contributed by atoms with van der Waals surface area (Å²) in [6, 6.07) is 16.3. The maximum atomic E-state index is 12.1. The number of rotatable bonds is 12. The van der Waals surface area contributed by atoms with Gasteiger partial charge in [0.25, 0.3) is 0 Å². The van der Waals surface area contributed by atoms with Gasteiger partial charge in [-0.05, 0) is 28.7 Å². The zero-order valence-corrected chi connectivity index (χ0v) is 18.8. The van der Waals surface area contributed by atoms with Gasteiger partial charge in [-0.1, -0.05) is 48.5 Å². The van der Waals surface area contributed by atoms with Crippen LogP contribution in [0.4, 0.5) is 4.79 Å². The van der Waals surface area contributed by atoms with Crippen LogP contribution in [0, 0.1) is 0 Å². The number of carbonyl (C=O) groups is 3. The first-order valence-electron chi connectivity index (χ1n) is 11.1. The van der Waals surface area contributed by atoms with Crippen LogP contribution in [0.15, 0.2) is 48.5 Å². The fourth-order valence-corrected chi connectivity index (χ4v) is 3.92. The largest absolute Gasteiger partial charge is 0.481 e. The second-order valence-electron chi connectivity index (χ2n) is 7.93. The van der Waals surface area contributed by atoms with E-state index in [2.05, 4.69) is 29.6 Å². The van der Waals surface area contributed by atoms with Gasteiger partial charge in [-0.15, -0.1) is 0 Å². The monoisotopic (exact) mass is 454 g/mol. The summed E-state index contributed by atoms with van der Waals surface area (Å²) >= 11 is 0. The number of hydrogen-bond acceptors (Lipinski definition) is 5. The second kappa shape index (κ2) is 12.0. The number of amides is 2. The lowest BCUT2D eigenvalue weighted by atomic mass is 9.98. The van der Waals surface area contributed by atoms with Gasteiger partial charge >= 0.3 is 12.1 Å². The van der Waals surface area contributed by atoms with Crippen molar-refractivity contribution in [1.29, 1.82) is 0 Å². The minimum atomic E-state index is -0.872. The van der Waals surface area contributed by atoms with Crippen molar-refractivity contribution in [2.45, 2.75) is 25.2 Å². The van der Waals surface area contributed by atoms with Gasteiger partial charge in [0.1, 0.15) is 6.61 Å². The van der Waals surface area contributed by atoms with E-state index in [-0.39, 0.29) is 51.0 Å². The molecule has 0 spiro atoms. The van der Waals surface area contributed by atoms with Gasteiger partial charge in [0.15, 0.2) is 0 Å². The molecule has 0 unspecified atom stereocenters. The molecule has 33 heavy (non-hydrogen) atoms. The number of aliphatic carboxylic acids is 1. The SMILES string of the molecule is CN(CCCC(=O)O)C(=O)CCOCCNC(=O)OCC1c2ccccc2-c2ccccc21. The number of fused-ring (bicyclic) bond motifs is 3. The smallest absolute Gasteiger partial charge is 0.407 e. The normalized spacial score (nSPS) is 12.0. The Bertz CT molecular complexity index is 931. The topological polar surface area (TPSA) is 105 Å². The van der Waals surface area contributed by atoms with Crippen molar-refractivity contribution in [3.8, 4) is 11.1 Å². The molecule has 0 saturated heterocycles. The van der Waals surface area contributed by atoms with Gasteiger partial charge < -0.3 is 24.8 Å². The summed E-state index contributed by atoms with van der Waals surface area (Å²) in [6.07, 6.45) is 0.154. The summed E-state index contributed by atoms with van der Waals surface area (Å²) in [4.78, 5) is 36.1. The minimum absolute atomic E-state index is 0.0119. The van der Waals surface area contributed by atoms with E-state index in [1.807, 2.05) is 24.3 Å². The molecule has 0 radical (unpaired) electrons. The number of ether oxygens (including phenoxy) is 2. The highest BCUT2D eigenvalue weighted by Gasteiger charge is 2.28. The third kappa shape index (κ3) is 6.79. The fraction of sp³-hybridized carbons (Fsp3) is 0.400. The van der Waals surface area contributed by atoms with Crippen molar-refractivity contribution < 1.29 is 29.0 Å². The Morgan fingerprint density at radius 2 is 1.61 bits per heavy atom. The molecule has 0 fully saturated rings. The van der Waals surface area contributed by atoms with Crippen LogP contribution in [-0.2, 0) is 19.1 Å². The predicted octanol–water partition coefficient (Wildman–Crippen LogP) is 3.26. The summed E-state index contributed by atoms with van der Waals surface area (Å²) in [7, 11) is 1.64. The molecule has 2 aromatic carbocycles. The molecule has 2 N–H and O–H groups in total. The predicted molar refractivity (Wildman–Crippen MR) is 123 cm³/mol. The number of carboxylic acids is 1. The van der Waals surface area contributed by atoms with E-state index in [1.165, 1.54) is 16.0 Å². The van der Waals surface area contributed by atoms with E-state index >= 15 is 0 Å². The van der Waals surface area contributed by atoms with E-state index < -0.39 is 12.1 Å². The Balaban J connectivity index is 1.31. The second-order valence-corrected chi connectivity index (χ2v) is 7.93. The molecule has 3 rings (SSSR count). The van der Waals surface area contributed by atoms with Crippen LogP contribution in [0.2, 0.25) is 0 Å². The van der Waals surface area contributed by atoms with Gasteiger partial charge in [0, 0.05) is 32.5 Å². The maximum absolute atomic E-state index is 12.1. The molecule has 0 aliphatic heterocycles. The first kappa shape index (κ1) is 24.3. The van der Waals surface area contributed by atoms with Crippen LogP contribution < -0.4 is 5.32 Å². The van der Waals surface area contributed by atoms with E-state index in [0.717, 1.165) is 11.1 Å². The summed E-state index contributed by atoms with van der Waals surface area (Å²) < 4.78 is 10.9. The van der Waals surface area contributed by atoms with Crippen LogP contribution in [0.5, 0.6) is 0 Å². The zero-order chi connectivity index (χ0) is 23.6. The average Bonchev–Trinajstić information content (AvgIpc) is 3.13. The summed E-state index contributed by atoms with van der Waals surface area (Å²) in [5, 5.41) is 11.3. The van der Waals surface area contributed by atoms with Crippen molar-refractivity contribution in [2.75, 3.05) is 40.0 Å². The highest BCUT2D eigenvalue weighted by molar-refractivity contribution is 5.79. The number of benzene rings is 2. The van der Waals surface area contributed by atoms with Gasteiger partial charge in [-0.3, -0.25) is 9.59 Å². The third-order valence-corrected chi connectivity index (χ3v) is 5.63. The minimum Gasteiger partial charge on any atom is -0.481 e. The molecular formula is C25H30N2O6. The van der Waals surface area contributed by atoms with Gasteiger partial charge in [0.2, 0.25) is 5.91 Å². The molecule has 0 bridgehead atoms. The molecule has 8 heteroatoms. The molecule has 0 saturated carbocycles. The highest BCUT2D eigenvalue weighted by atomic mass is 16.5. The number of hydrogen-bond donors (Lipinski definition) is 2. The van der Waals surface area contributed by atoms with Gasteiger partial charge in [-0.25, -0.2) is 4.79 Å². The van der Waals surface area contributed by atoms with Gasteiger partial charge in [-0.2, -0.15) is 0 Å². The molecular weight excluding hydrogens is 424 g/mol. The Morgan fingerprint density at radius 3 is 2.24 bits per heavy atom. The third-order valence-electron chi connectivity index (χ3n) is 5.63. The number of carboxylic acid groups (broad SMARTS) is 1. The fourth-order valence-electron chi connectivity index (χ4n) is 3.92. The van der Waals surface area contributed by atoms with E-state index in [9.17, 15) is 14.4 Å². The van der Waals surface area contributed by atoms with Crippen molar-refractivity contribution >= 4 is 18.0 Å². The van der Waals surface area contributed by atoms with Crippen molar-refractivity contribution in [3.63, 3.8) is 0 Å². The first-order chi connectivity index (χ1) is 16.0. The Morgan fingerprint density at radius 1 is 0.970 bits per heavy atom. The van der Waals surface area contributed by atoms with Crippen LogP contribution in [0.3, 0.4) is 0 Å². The highest BCUT2D eigenvalue weighted by Crippen LogP contribution is 2.44. The molecule has 0 aromatic heterocycles. The van der Waals surface area contributed by atoms with Gasteiger partial charge in [0.05, 0.1) is 19.6 Å². The molecule has 1 aliphatic carbocycles. The lowest BCUT2D eigenvalue weighted by Gasteiger charge is -2.16. The standard InChI is InChI=1S/C25H30N2O6/c1-27(14-6-11-24(29)30)23(28)12-15-32-16-13-26-25(31)33-17-22-20-9-4-2-7-18(20)19-8-3-5-10-21(19)22/h2-5,7-10,22H,6,11-17H2,1H3,(H,26,31)(H,29,30). The van der Waals surface area contributed by atoms with Crippen LogP contribution in [-0.4, -0.2) is 67.9 Å².